The van der Waals surface area contributed by atoms with Crippen LogP contribution in [-0.2, 0) is 4.79 Å². The molecule has 134 valence electrons. The number of anilines is 1. The molecule has 8 heteroatoms. The van der Waals surface area contributed by atoms with Crippen LogP contribution in [-0.4, -0.2) is 34.4 Å². The standard InChI is InChI=1S/C18H17ClN4O3/c1-12-6-7-15(16(8-12)25-2)26-9-17(24)22-14-5-3-4-13(19)18(14)23-11-20-10-21-23/h3-8,10-11H,9H2,1-2H3,(H,22,24). The Balaban J connectivity index is 1.73. The van der Waals surface area contributed by atoms with Crippen LogP contribution in [0.1, 0.15) is 5.56 Å². The van der Waals surface area contributed by atoms with Gasteiger partial charge in [-0.2, -0.15) is 5.10 Å². The zero-order valence-electron chi connectivity index (χ0n) is 14.3. The highest BCUT2D eigenvalue weighted by molar-refractivity contribution is 6.33. The molecule has 0 saturated carbocycles. The molecule has 2 aromatic carbocycles. The van der Waals surface area contributed by atoms with Gasteiger partial charge in [0.2, 0.25) is 0 Å². The lowest BCUT2D eigenvalue weighted by Crippen LogP contribution is -2.21. The van der Waals surface area contributed by atoms with Crippen molar-refractivity contribution < 1.29 is 14.3 Å². The molecule has 3 rings (SSSR count). The summed E-state index contributed by atoms with van der Waals surface area (Å²) in [6, 6.07) is 10.7. The first-order chi connectivity index (χ1) is 12.6. The fourth-order valence-corrected chi connectivity index (χ4v) is 2.66. The molecule has 0 radical (unpaired) electrons. The summed E-state index contributed by atoms with van der Waals surface area (Å²) in [7, 11) is 1.55. The normalized spacial score (nSPS) is 10.4. The first kappa shape index (κ1) is 17.8. The minimum atomic E-state index is -0.337. The smallest absolute Gasteiger partial charge is 0.262 e. The van der Waals surface area contributed by atoms with Crippen molar-refractivity contribution in [3.63, 3.8) is 0 Å². The van der Waals surface area contributed by atoms with Crippen LogP contribution in [0, 0.1) is 6.92 Å². The van der Waals surface area contributed by atoms with Crippen molar-refractivity contribution in [2.75, 3.05) is 19.0 Å². The van der Waals surface area contributed by atoms with E-state index >= 15 is 0 Å². The van der Waals surface area contributed by atoms with Crippen LogP contribution < -0.4 is 14.8 Å². The topological polar surface area (TPSA) is 78.3 Å². The summed E-state index contributed by atoms with van der Waals surface area (Å²) >= 11 is 6.24. The number of nitrogens with zero attached hydrogens (tertiary/aromatic N) is 3. The molecule has 1 aromatic heterocycles. The van der Waals surface area contributed by atoms with E-state index in [0.29, 0.717) is 27.9 Å². The van der Waals surface area contributed by atoms with Gasteiger partial charge in [0.05, 0.1) is 17.8 Å². The Morgan fingerprint density at radius 1 is 1.27 bits per heavy atom. The average molecular weight is 373 g/mol. The quantitative estimate of drug-likeness (QED) is 0.718. The van der Waals surface area contributed by atoms with Gasteiger partial charge in [0.25, 0.3) is 5.91 Å². The largest absolute Gasteiger partial charge is 0.493 e. The van der Waals surface area contributed by atoms with E-state index in [9.17, 15) is 4.79 Å². The number of halogens is 1. The van der Waals surface area contributed by atoms with E-state index in [0.717, 1.165) is 5.56 Å². The second-order valence-corrected chi connectivity index (χ2v) is 5.87. The summed E-state index contributed by atoms with van der Waals surface area (Å²) in [6.45, 7) is 1.77. The monoisotopic (exact) mass is 372 g/mol. The van der Waals surface area contributed by atoms with Gasteiger partial charge < -0.3 is 14.8 Å². The Hall–Kier alpha value is -3.06. The molecular formula is C18H17ClN4O3. The average Bonchev–Trinajstić information content (AvgIpc) is 3.14. The number of amides is 1. The Morgan fingerprint density at radius 3 is 2.85 bits per heavy atom. The number of methoxy groups -OCH3 is 1. The van der Waals surface area contributed by atoms with Crippen molar-refractivity contribution in [1.82, 2.24) is 14.8 Å². The molecule has 1 amide bonds. The molecule has 3 aromatic rings. The number of carbonyl (C=O) groups is 1. The molecule has 0 unspecified atom stereocenters. The van der Waals surface area contributed by atoms with Crippen molar-refractivity contribution in [2.45, 2.75) is 6.92 Å². The molecule has 7 nitrogen and oxygen atoms in total. The van der Waals surface area contributed by atoms with Crippen molar-refractivity contribution in [1.29, 1.82) is 0 Å². The molecule has 0 atom stereocenters. The van der Waals surface area contributed by atoms with Crippen LogP contribution in [0.25, 0.3) is 5.69 Å². The third kappa shape index (κ3) is 3.94. The highest BCUT2D eigenvalue weighted by Crippen LogP contribution is 2.29. The van der Waals surface area contributed by atoms with Crippen molar-refractivity contribution >= 4 is 23.2 Å². The van der Waals surface area contributed by atoms with Gasteiger partial charge in [-0.25, -0.2) is 9.67 Å². The van der Waals surface area contributed by atoms with E-state index in [1.165, 1.54) is 17.3 Å². The number of rotatable bonds is 6. The summed E-state index contributed by atoms with van der Waals surface area (Å²) in [5.41, 5.74) is 2.08. The number of aryl methyl sites for hydroxylation is 1. The summed E-state index contributed by atoms with van der Waals surface area (Å²) in [5, 5.41) is 7.28. The fraction of sp³-hybridized carbons (Fsp3) is 0.167. The molecule has 0 aliphatic heterocycles. The molecule has 0 aliphatic carbocycles. The van der Waals surface area contributed by atoms with E-state index in [-0.39, 0.29) is 12.5 Å². The van der Waals surface area contributed by atoms with Gasteiger partial charge in [0.15, 0.2) is 18.1 Å². The first-order valence-corrected chi connectivity index (χ1v) is 8.17. The summed E-state index contributed by atoms with van der Waals surface area (Å²) in [4.78, 5) is 16.2. The lowest BCUT2D eigenvalue weighted by atomic mass is 10.2. The zero-order chi connectivity index (χ0) is 18.5. The maximum atomic E-state index is 12.3. The van der Waals surface area contributed by atoms with E-state index in [1.807, 2.05) is 19.1 Å². The maximum absolute atomic E-state index is 12.3. The van der Waals surface area contributed by atoms with E-state index < -0.39 is 0 Å². The number of hydrogen-bond acceptors (Lipinski definition) is 5. The number of benzene rings is 2. The van der Waals surface area contributed by atoms with Crippen molar-refractivity contribution in [3.8, 4) is 17.2 Å². The molecule has 26 heavy (non-hydrogen) atoms. The first-order valence-electron chi connectivity index (χ1n) is 7.79. The summed E-state index contributed by atoms with van der Waals surface area (Å²) in [5.74, 6) is 0.732. The van der Waals surface area contributed by atoms with Crippen molar-refractivity contribution in [3.05, 3.63) is 59.6 Å². The Morgan fingerprint density at radius 2 is 2.12 bits per heavy atom. The Bertz CT molecular complexity index is 913. The third-order valence-electron chi connectivity index (χ3n) is 3.59. The van der Waals surface area contributed by atoms with Crippen LogP contribution in [0.3, 0.4) is 0 Å². The van der Waals surface area contributed by atoms with Crippen LogP contribution in [0.2, 0.25) is 5.02 Å². The van der Waals surface area contributed by atoms with Gasteiger partial charge in [-0.1, -0.05) is 23.7 Å². The van der Waals surface area contributed by atoms with Crippen LogP contribution in [0.15, 0.2) is 49.1 Å². The predicted octanol–water partition coefficient (Wildman–Crippen LogP) is 3.26. The number of ether oxygens (including phenoxy) is 2. The number of carbonyl (C=O) groups excluding carboxylic acids is 1. The fourth-order valence-electron chi connectivity index (χ4n) is 2.40. The van der Waals surface area contributed by atoms with E-state index in [1.54, 1.807) is 31.4 Å². The van der Waals surface area contributed by atoms with Crippen LogP contribution in [0.5, 0.6) is 11.5 Å². The maximum Gasteiger partial charge on any atom is 0.262 e. The van der Waals surface area contributed by atoms with Gasteiger partial charge in [-0.05, 0) is 36.8 Å². The van der Waals surface area contributed by atoms with E-state index in [4.69, 9.17) is 21.1 Å². The molecule has 1 heterocycles. The SMILES string of the molecule is COc1cc(C)ccc1OCC(=O)Nc1cccc(Cl)c1-n1cncn1. The molecule has 0 saturated heterocycles. The van der Waals surface area contributed by atoms with Gasteiger partial charge in [-0.15, -0.1) is 0 Å². The highest BCUT2D eigenvalue weighted by atomic mass is 35.5. The molecule has 1 N–H and O–H groups in total. The number of aromatic nitrogens is 3. The number of nitrogens with one attached hydrogen (secondary N) is 1. The molecule has 0 spiro atoms. The molecule has 0 aliphatic rings. The molecule has 0 bridgehead atoms. The Labute approximate surface area is 155 Å². The molecular weight excluding hydrogens is 356 g/mol. The van der Waals surface area contributed by atoms with Gasteiger partial charge >= 0.3 is 0 Å². The van der Waals surface area contributed by atoms with Crippen LogP contribution in [0.4, 0.5) is 5.69 Å². The highest BCUT2D eigenvalue weighted by Gasteiger charge is 2.14. The Kier molecular flexibility index (Phi) is 5.38. The van der Waals surface area contributed by atoms with Gasteiger partial charge in [-0.3, -0.25) is 4.79 Å². The second kappa shape index (κ2) is 7.88. The zero-order valence-corrected chi connectivity index (χ0v) is 15.0. The van der Waals surface area contributed by atoms with Crippen molar-refractivity contribution in [2.24, 2.45) is 0 Å². The van der Waals surface area contributed by atoms with Gasteiger partial charge in [0, 0.05) is 0 Å². The van der Waals surface area contributed by atoms with Gasteiger partial charge in [0.1, 0.15) is 18.3 Å². The number of hydrogen-bond donors (Lipinski definition) is 1. The predicted molar refractivity (Wildman–Crippen MR) is 98.2 cm³/mol. The second-order valence-electron chi connectivity index (χ2n) is 5.47. The summed E-state index contributed by atoms with van der Waals surface area (Å²) in [6.07, 6.45) is 2.90. The minimum Gasteiger partial charge on any atom is -0.493 e. The van der Waals surface area contributed by atoms with E-state index in [2.05, 4.69) is 15.4 Å². The third-order valence-corrected chi connectivity index (χ3v) is 3.89. The molecule has 0 fully saturated rings. The van der Waals surface area contributed by atoms with Crippen LogP contribution >= 0.6 is 11.6 Å². The summed E-state index contributed by atoms with van der Waals surface area (Å²) < 4.78 is 12.3. The lowest BCUT2D eigenvalue weighted by molar-refractivity contribution is -0.118. The number of para-hydroxylation sites is 1. The lowest BCUT2D eigenvalue weighted by Gasteiger charge is -2.14. The minimum absolute atomic E-state index is 0.178.